The first kappa shape index (κ1) is 15.3. The van der Waals surface area contributed by atoms with Gasteiger partial charge in [0.2, 0.25) is 0 Å². The molecular weight excluding hydrogens is 270 g/mol. The molecule has 6 heteroatoms. The molecule has 0 radical (unpaired) electrons. The van der Waals surface area contributed by atoms with Crippen molar-refractivity contribution in [1.29, 1.82) is 0 Å². The van der Waals surface area contributed by atoms with E-state index < -0.39 is 6.03 Å². The Kier molecular flexibility index (Phi) is 5.16. The normalized spacial score (nSPS) is 21.9. The Labute approximate surface area is 124 Å². The number of urea groups is 1. The molecule has 2 rings (SSSR count). The number of carbonyl (C=O) groups excluding carboxylic acids is 2. The molecule has 1 aromatic carbocycles. The van der Waals surface area contributed by atoms with Gasteiger partial charge in [-0.05, 0) is 12.0 Å². The lowest BCUT2D eigenvalue weighted by molar-refractivity contribution is -0.147. The first-order valence-electron chi connectivity index (χ1n) is 6.99. The van der Waals surface area contributed by atoms with Gasteiger partial charge < -0.3 is 20.7 Å². The summed E-state index contributed by atoms with van der Waals surface area (Å²) in [6, 6.07) is 9.49. The summed E-state index contributed by atoms with van der Waals surface area (Å²) < 4.78 is 4.78. The van der Waals surface area contributed by atoms with Crippen molar-refractivity contribution in [1.82, 2.24) is 10.2 Å². The number of nitrogens with two attached hydrogens (primary N) is 1. The fourth-order valence-electron chi connectivity index (χ4n) is 2.62. The molecule has 2 amide bonds. The van der Waals surface area contributed by atoms with Crippen LogP contribution >= 0.6 is 0 Å². The van der Waals surface area contributed by atoms with Gasteiger partial charge in [-0.15, -0.1) is 0 Å². The number of methoxy groups -OCH3 is 1. The maximum Gasteiger partial charge on any atom is 0.314 e. The first-order chi connectivity index (χ1) is 10.1. The second-order valence-corrected chi connectivity index (χ2v) is 5.26. The molecule has 1 aromatic rings. The third-order valence-corrected chi connectivity index (χ3v) is 3.73. The van der Waals surface area contributed by atoms with Crippen molar-refractivity contribution < 1.29 is 14.3 Å². The Bertz CT molecular complexity index is 492. The van der Waals surface area contributed by atoms with Crippen LogP contribution in [0.2, 0.25) is 0 Å². The monoisotopic (exact) mass is 291 g/mol. The van der Waals surface area contributed by atoms with Gasteiger partial charge >= 0.3 is 12.0 Å². The molecule has 3 N–H and O–H groups in total. The minimum absolute atomic E-state index is 0.0237. The second kappa shape index (κ2) is 7.08. The van der Waals surface area contributed by atoms with Gasteiger partial charge in [-0.1, -0.05) is 30.3 Å². The van der Waals surface area contributed by atoms with E-state index in [1.165, 1.54) is 12.0 Å². The van der Waals surface area contributed by atoms with Crippen molar-refractivity contribution in [2.75, 3.05) is 20.2 Å². The van der Waals surface area contributed by atoms with E-state index in [0.29, 0.717) is 26.1 Å². The van der Waals surface area contributed by atoms with E-state index in [1.54, 1.807) is 0 Å². The summed E-state index contributed by atoms with van der Waals surface area (Å²) in [5.74, 6) is -0.628. The Hall–Kier alpha value is -2.08. The van der Waals surface area contributed by atoms with Gasteiger partial charge in [0.25, 0.3) is 0 Å². The number of nitrogens with one attached hydrogen (secondary N) is 1. The Balaban J connectivity index is 1.97. The highest BCUT2D eigenvalue weighted by Gasteiger charge is 2.33. The zero-order valence-corrected chi connectivity index (χ0v) is 12.1. The lowest BCUT2D eigenvalue weighted by atomic mass is 9.94. The van der Waals surface area contributed by atoms with Crippen LogP contribution in [0.4, 0.5) is 4.79 Å². The van der Waals surface area contributed by atoms with Crippen LogP contribution < -0.4 is 11.1 Å². The Morgan fingerprint density at radius 1 is 1.33 bits per heavy atom. The molecule has 0 aromatic heterocycles. The van der Waals surface area contributed by atoms with Crippen molar-refractivity contribution in [3.8, 4) is 0 Å². The minimum Gasteiger partial charge on any atom is -0.469 e. The molecule has 1 fully saturated rings. The summed E-state index contributed by atoms with van der Waals surface area (Å²) >= 11 is 0. The number of likely N-dealkylation sites (tertiary alicyclic amines) is 1. The molecule has 2 atom stereocenters. The average Bonchev–Trinajstić information content (AvgIpc) is 2.52. The molecule has 0 spiro atoms. The molecular formula is C15H21N3O3. The van der Waals surface area contributed by atoms with Gasteiger partial charge in [-0.3, -0.25) is 4.79 Å². The molecule has 6 nitrogen and oxygen atoms in total. The predicted octanol–water partition coefficient (Wildman–Crippen LogP) is 0.718. The number of esters is 1. The van der Waals surface area contributed by atoms with Gasteiger partial charge in [0.15, 0.2) is 0 Å². The van der Waals surface area contributed by atoms with Gasteiger partial charge in [-0.25, -0.2) is 4.79 Å². The van der Waals surface area contributed by atoms with Gasteiger partial charge in [0.1, 0.15) is 0 Å². The molecule has 0 bridgehead atoms. The minimum atomic E-state index is -0.505. The zero-order chi connectivity index (χ0) is 15.2. The number of rotatable bonds is 4. The van der Waals surface area contributed by atoms with Crippen LogP contribution in [0.5, 0.6) is 0 Å². The standard InChI is InChI=1S/C15H21N3O3/c1-21-14(19)12-7-13(10-18(9-12)15(16)20)17-8-11-5-3-2-4-6-11/h2-6,12-13,17H,7-10H2,1H3,(H2,16,20). The summed E-state index contributed by atoms with van der Waals surface area (Å²) in [4.78, 5) is 24.6. The lowest BCUT2D eigenvalue weighted by Gasteiger charge is -2.36. The SMILES string of the molecule is COC(=O)C1CC(NCc2ccccc2)CN(C(N)=O)C1. The number of carbonyl (C=O) groups is 2. The third-order valence-electron chi connectivity index (χ3n) is 3.73. The van der Waals surface area contributed by atoms with E-state index >= 15 is 0 Å². The van der Waals surface area contributed by atoms with E-state index in [9.17, 15) is 9.59 Å². The maximum atomic E-state index is 11.7. The van der Waals surface area contributed by atoms with Crippen LogP contribution in [0.3, 0.4) is 0 Å². The molecule has 0 saturated carbocycles. The van der Waals surface area contributed by atoms with Crippen molar-refractivity contribution >= 4 is 12.0 Å². The molecule has 1 saturated heterocycles. The number of hydrogen-bond acceptors (Lipinski definition) is 4. The summed E-state index contributed by atoms with van der Waals surface area (Å²) in [6.07, 6.45) is 0.642. The fraction of sp³-hybridized carbons (Fsp3) is 0.467. The van der Waals surface area contributed by atoms with Crippen molar-refractivity contribution in [3.63, 3.8) is 0 Å². The number of nitrogens with zero attached hydrogens (tertiary/aromatic N) is 1. The van der Waals surface area contributed by atoms with E-state index in [2.05, 4.69) is 5.32 Å². The Morgan fingerprint density at radius 3 is 2.67 bits per heavy atom. The van der Waals surface area contributed by atoms with Gasteiger partial charge in [0, 0.05) is 25.7 Å². The molecule has 1 aliphatic heterocycles. The Morgan fingerprint density at radius 2 is 2.05 bits per heavy atom. The summed E-state index contributed by atoms with van der Waals surface area (Å²) in [6.45, 7) is 1.52. The number of ether oxygens (including phenoxy) is 1. The highest BCUT2D eigenvalue weighted by Crippen LogP contribution is 2.18. The molecule has 2 unspecified atom stereocenters. The zero-order valence-electron chi connectivity index (χ0n) is 12.1. The van der Waals surface area contributed by atoms with E-state index in [0.717, 1.165) is 5.56 Å². The smallest absolute Gasteiger partial charge is 0.314 e. The molecule has 114 valence electrons. The predicted molar refractivity (Wildman–Crippen MR) is 78.3 cm³/mol. The van der Waals surface area contributed by atoms with Gasteiger partial charge in [0.05, 0.1) is 13.0 Å². The summed E-state index contributed by atoms with van der Waals surface area (Å²) in [7, 11) is 1.36. The van der Waals surface area contributed by atoms with Crippen molar-refractivity contribution in [2.24, 2.45) is 11.7 Å². The number of amides is 2. The van der Waals surface area contributed by atoms with Gasteiger partial charge in [-0.2, -0.15) is 0 Å². The van der Waals surface area contributed by atoms with Crippen LogP contribution in [0, 0.1) is 5.92 Å². The van der Waals surface area contributed by atoms with Crippen molar-refractivity contribution in [2.45, 2.75) is 19.0 Å². The van der Waals surface area contributed by atoms with Crippen LogP contribution in [-0.2, 0) is 16.1 Å². The van der Waals surface area contributed by atoms with E-state index in [4.69, 9.17) is 10.5 Å². The number of primary amides is 1. The average molecular weight is 291 g/mol. The lowest BCUT2D eigenvalue weighted by Crippen LogP contribution is -2.54. The fourth-order valence-corrected chi connectivity index (χ4v) is 2.62. The number of hydrogen-bond donors (Lipinski definition) is 2. The second-order valence-electron chi connectivity index (χ2n) is 5.26. The summed E-state index contributed by atoms with van der Waals surface area (Å²) in [5.41, 5.74) is 6.50. The highest BCUT2D eigenvalue weighted by molar-refractivity contribution is 5.76. The quantitative estimate of drug-likeness (QED) is 0.801. The number of benzene rings is 1. The van der Waals surface area contributed by atoms with Crippen molar-refractivity contribution in [3.05, 3.63) is 35.9 Å². The molecule has 1 aliphatic rings. The molecule has 1 heterocycles. The van der Waals surface area contributed by atoms with Crippen LogP contribution in [0.15, 0.2) is 30.3 Å². The topological polar surface area (TPSA) is 84.7 Å². The maximum absolute atomic E-state index is 11.7. The molecule has 21 heavy (non-hydrogen) atoms. The van der Waals surface area contributed by atoms with Crippen LogP contribution in [-0.4, -0.2) is 43.1 Å². The number of piperidine rings is 1. The third kappa shape index (κ3) is 4.19. The first-order valence-corrected chi connectivity index (χ1v) is 6.99. The summed E-state index contributed by atoms with van der Waals surface area (Å²) in [5, 5.41) is 3.37. The largest absolute Gasteiger partial charge is 0.469 e. The van der Waals surface area contributed by atoms with Crippen LogP contribution in [0.25, 0.3) is 0 Å². The van der Waals surface area contributed by atoms with E-state index in [1.807, 2.05) is 30.3 Å². The van der Waals surface area contributed by atoms with Crippen LogP contribution in [0.1, 0.15) is 12.0 Å². The molecule has 0 aliphatic carbocycles. The van der Waals surface area contributed by atoms with E-state index in [-0.39, 0.29) is 17.9 Å². The highest BCUT2D eigenvalue weighted by atomic mass is 16.5.